The average molecular weight is 319 g/mol. The summed E-state index contributed by atoms with van der Waals surface area (Å²) in [5.74, 6) is -2.48. The minimum Gasteiger partial charge on any atom is -0.477 e. The van der Waals surface area contributed by atoms with Crippen molar-refractivity contribution in [2.24, 2.45) is 5.41 Å². The van der Waals surface area contributed by atoms with Crippen LogP contribution in [0.3, 0.4) is 0 Å². The zero-order chi connectivity index (χ0) is 16.8. The maximum Gasteiger partial charge on any atom is 0.354 e. The second-order valence-corrected chi connectivity index (χ2v) is 6.40. The molecule has 2 aromatic rings. The van der Waals surface area contributed by atoms with Crippen LogP contribution in [0.15, 0.2) is 24.3 Å². The molecular weight excluding hydrogens is 304 g/mol. The van der Waals surface area contributed by atoms with Gasteiger partial charge in [0.25, 0.3) is 0 Å². The molecule has 0 amide bonds. The van der Waals surface area contributed by atoms with Crippen molar-refractivity contribution in [1.29, 1.82) is 0 Å². The van der Waals surface area contributed by atoms with Gasteiger partial charge in [-0.1, -0.05) is 13.8 Å². The van der Waals surface area contributed by atoms with Crippen LogP contribution in [0, 0.1) is 17.0 Å². The van der Waals surface area contributed by atoms with E-state index in [1.807, 2.05) is 13.8 Å². The van der Waals surface area contributed by atoms with Crippen LogP contribution in [0.5, 0.6) is 5.88 Å². The molecule has 0 radical (unpaired) electrons. The Morgan fingerprint density at radius 2 is 2.00 bits per heavy atom. The lowest BCUT2D eigenvalue weighted by Crippen LogP contribution is -2.30. The molecule has 3 rings (SSSR count). The third-order valence-electron chi connectivity index (χ3n) is 3.78. The number of rotatable bonds is 2. The number of aromatic nitrogens is 1. The molecule has 0 atom stereocenters. The van der Waals surface area contributed by atoms with Crippen molar-refractivity contribution < 1.29 is 23.4 Å². The highest BCUT2D eigenvalue weighted by Crippen LogP contribution is 2.40. The van der Waals surface area contributed by atoms with E-state index in [4.69, 9.17) is 4.74 Å². The molecule has 2 heterocycles. The Hall–Kier alpha value is -2.50. The quantitative estimate of drug-likeness (QED) is 0.917. The predicted octanol–water partition coefficient (Wildman–Crippen LogP) is 3.69. The summed E-state index contributed by atoms with van der Waals surface area (Å²) in [4.78, 5) is 15.3. The number of carbonyl (C=O) groups is 1. The maximum atomic E-state index is 14.2. The van der Waals surface area contributed by atoms with Crippen LogP contribution in [0.1, 0.15) is 29.9 Å². The maximum absolute atomic E-state index is 14.2. The minimum atomic E-state index is -1.23. The number of fused-ring (bicyclic) bond motifs is 1. The van der Waals surface area contributed by atoms with Crippen molar-refractivity contribution in [2.75, 3.05) is 6.61 Å². The molecule has 0 fully saturated rings. The number of benzene rings is 1. The third-order valence-corrected chi connectivity index (χ3v) is 3.78. The van der Waals surface area contributed by atoms with E-state index in [-0.39, 0.29) is 22.6 Å². The van der Waals surface area contributed by atoms with Gasteiger partial charge in [0.1, 0.15) is 11.6 Å². The Morgan fingerprint density at radius 3 is 2.65 bits per heavy atom. The number of aromatic carboxylic acids is 1. The normalized spacial score (nSPS) is 15.7. The van der Waals surface area contributed by atoms with Gasteiger partial charge in [0.2, 0.25) is 5.88 Å². The number of hydrogen-bond donors (Lipinski definition) is 1. The summed E-state index contributed by atoms with van der Waals surface area (Å²) in [7, 11) is 0. The van der Waals surface area contributed by atoms with E-state index < -0.39 is 17.6 Å². The first-order valence-corrected chi connectivity index (χ1v) is 7.12. The molecule has 1 aliphatic heterocycles. The van der Waals surface area contributed by atoms with E-state index >= 15 is 0 Å². The zero-order valence-electron chi connectivity index (χ0n) is 12.7. The van der Waals surface area contributed by atoms with E-state index in [0.717, 1.165) is 12.1 Å². The number of pyridine rings is 1. The SMILES string of the molecule is CC1(C)COc2nc(C(=O)O)cc(-c3ccc(F)cc3F)c2C1. The molecule has 4 nitrogen and oxygen atoms in total. The number of halogens is 2. The molecule has 23 heavy (non-hydrogen) atoms. The van der Waals surface area contributed by atoms with Crippen molar-refractivity contribution in [3.8, 4) is 17.0 Å². The number of nitrogens with zero attached hydrogens (tertiary/aromatic N) is 1. The molecule has 1 aromatic heterocycles. The van der Waals surface area contributed by atoms with E-state index in [2.05, 4.69) is 4.98 Å². The fraction of sp³-hybridized carbons (Fsp3) is 0.294. The van der Waals surface area contributed by atoms with Crippen LogP contribution in [0.25, 0.3) is 11.1 Å². The van der Waals surface area contributed by atoms with Gasteiger partial charge in [-0.05, 0) is 30.2 Å². The first-order valence-electron chi connectivity index (χ1n) is 7.12. The summed E-state index contributed by atoms with van der Waals surface area (Å²) in [6.45, 7) is 4.37. The summed E-state index contributed by atoms with van der Waals surface area (Å²) in [6.07, 6.45) is 0.557. The highest BCUT2D eigenvalue weighted by molar-refractivity contribution is 5.88. The Balaban J connectivity index is 2.25. The van der Waals surface area contributed by atoms with Crippen molar-refractivity contribution in [2.45, 2.75) is 20.3 Å². The fourth-order valence-electron chi connectivity index (χ4n) is 2.69. The number of carboxylic acid groups (broad SMARTS) is 1. The Labute approximate surface area is 131 Å². The highest BCUT2D eigenvalue weighted by atomic mass is 19.1. The van der Waals surface area contributed by atoms with Crippen LogP contribution in [0.2, 0.25) is 0 Å². The van der Waals surface area contributed by atoms with Crippen molar-refractivity contribution >= 4 is 5.97 Å². The second kappa shape index (κ2) is 5.30. The summed E-state index contributed by atoms with van der Waals surface area (Å²) in [5, 5.41) is 9.20. The highest BCUT2D eigenvalue weighted by Gasteiger charge is 2.31. The topological polar surface area (TPSA) is 59.4 Å². The molecule has 120 valence electrons. The smallest absolute Gasteiger partial charge is 0.354 e. The number of ether oxygens (including phenoxy) is 1. The molecular formula is C17H15F2NO3. The average Bonchev–Trinajstić information content (AvgIpc) is 2.46. The van der Waals surface area contributed by atoms with Gasteiger partial charge >= 0.3 is 5.97 Å². The van der Waals surface area contributed by atoms with Crippen LogP contribution in [-0.4, -0.2) is 22.7 Å². The lowest BCUT2D eigenvalue weighted by molar-refractivity contribution is 0.0687. The van der Waals surface area contributed by atoms with E-state index in [9.17, 15) is 18.7 Å². The first-order chi connectivity index (χ1) is 10.8. The Morgan fingerprint density at radius 1 is 1.26 bits per heavy atom. The summed E-state index contributed by atoms with van der Waals surface area (Å²) in [6, 6.07) is 4.52. The largest absolute Gasteiger partial charge is 0.477 e. The van der Waals surface area contributed by atoms with Gasteiger partial charge in [0.05, 0.1) is 6.61 Å². The molecule has 1 aromatic carbocycles. The van der Waals surface area contributed by atoms with E-state index in [1.165, 1.54) is 12.1 Å². The molecule has 0 unspecified atom stereocenters. The molecule has 1 N–H and O–H groups in total. The molecule has 0 saturated carbocycles. The fourth-order valence-corrected chi connectivity index (χ4v) is 2.69. The number of hydrogen-bond acceptors (Lipinski definition) is 3. The van der Waals surface area contributed by atoms with Gasteiger partial charge in [-0.2, -0.15) is 0 Å². The number of carboxylic acids is 1. The van der Waals surface area contributed by atoms with E-state index in [0.29, 0.717) is 24.2 Å². The first kappa shape index (κ1) is 15.4. The van der Waals surface area contributed by atoms with Gasteiger partial charge < -0.3 is 9.84 Å². The van der Waals surface area contributed by atoms with Crippen molar-refractivity contribution in [1.82, 2.24) is 4.98 Å². The van der Waals surface area contributed by atoms with Crippen LogP contribution in [0.4, 0.5) is 8.78 Å². The lowest BCUT2D eigenvalue weighted by atomic mass is 9.82. The molecule has 0 spiro atoms. The van der Waals surface area contributed by atoms with Crippen LogP contribution >= 0.6 is 0 Å². The molecule has 6 heteroatoms. The monoisotopic (exact) mass is 319 g/mol. The minimum absolute atomic E-state index is 0.133. The summed E-state index contributed by atoms with van der Waals surface area (Å²) in [5.41, 5.74) is 0.718. The van der Waals surface area contributed by atoms with Crippen LogP contribution < -0.4 is 4.74 Å². The standard InChI is InChI=1S/C17H15F2NO3/c1-17(2)7-12-11(10-4-3-9(18)5-13(10)19)6-14(16(21)22)20-15(12)23-8-17/h3-6H,7-8H2,1-2H3,(H,21,22). The molecule has 0 aliphatic carbocycles. The van der Waals surface area contributed by atoms with Crippen molar-refractivity contribution in [3.05, 3.63) is 47.2 Å². The van der Waals surface area contributed by atoms with Gasteiger partial charge in [-0.15, -0.1) is 0 Å². The Bertz CT molecular complexity index is 803. The Kier molecular flexibility index (Phi) is 3.55. The van der Waals surface area contributed by atoms with Crippen molar-refractivity contribution in [3.63, 3.8) is 0 Å². The summed E-state index contributed by atoms with van der Waals surface area (Å²) >= 11 is 0. The van der Waals surface area contributed by atoms with E-state index in [1.54, 1.807) is 0 Å². The lowest BCUT2D eigenvalue weighted by Gasteiger charge is -2.32. The molecule has 0 bridgehead atoms. The van der Waals surface area contributed by atoms with Gasteiger partial charge in [0.15, 0.2) is 5.69 Å². The third kappa shape index (κ3) is 2.88. The van der Waals surface area contributed by atoms with Gasteiger partial charge in [-0.25, -0.2) is 18.6 Å². The molecule has 1 aliphatic rings. The second-order valence-electron chi connectivity index (χ2n) is 6.40. The van der Waals surface area contributed by atoms with Gasteiger partial charge in [-0.3, -0.25) is 0 Å². The van der Waals surface area contributed by atoms with Gasteiger partial charge in [0, 0.05) is 22.6 Å². The zero-order valence-corrected chi connectivity index (χ0v) is 12.7. The summed E-state index contributed by atoms with van der Waals surface area (Å²) < 4.78 is 32.9. The van der Waals surface area contributed by atoms with Crippen LogP contribution in [-0.2, 0) is 6.42 Å². The predicted molar refractivity (Wildman–Crippen MR) is 79.5 cm³/mol. The molecule has 0 saturated heterocycles.